The van der Waals surface area contributed by atoms with Crippen molar-refractivity contribution in [3.63, 3.8) is 0 Å². The third kappa shape index (κ3) is 2.62. The van der Waals surface area contributed by atoms with Crippen LogP contribution in [0, 0.1) is 11.2 Å². The minimum Gasteiger partial charge on any atom is -0.337 e. The molecule has 0 radical (unpaired) electrons. The van der Waals surface area contributed by atoms with E-state index in [1.165, 1.54) is 25.1 Å². The second kappa shape index (κ2) is 6.20. The second-order valence-electron chi connectivity index (χ2n) is 7.14. The molecule has 1 unspecified atom stereocenters. The van der Waals surface area contributed by atoms with Gasteiger partial charge in [0, 0.05) is 31.7 Å². The fraction of sp³-hybridized carbons (Fsp3) is 0.556. The summed E-state index contributed by atoms with van der Waals surface area (Å²) < 4.78 is 16.1. The molecule has 1 amide bonds. The summed E-state index contributed by atoms with van der Waals surface area (Å²) in [6, 6.07) is 1.46. The van der Waals surface area contributed by atoms with Crippen LogP contribution in [0.25, 0.3) is 0 Å². The molecule has 1 atom stereocenters. The molecule has 0 bridgehead atoms. The van der Waals surface area contributed by atoms with Gasteiger partial charge in [0.25, 0.3) is 5.91 Å². The number of hydrogen-bond donors (Lipinski definition) is 0. The molecular formula is C18H22FN5O. The number of amides is 1. The normalized spacial score (nSPS) is 22.0. The monoisotopic (exact) mass is 343 g/mol. The molecule has 0 N–H and O–H groups in total. The van der Waals surface area contributed by atoms with Gasteiger partial charge in [0.15, 0.2) is 5.82 Å². The maximum Gasteiger partial charge on any atom is 0.256 e. The molecule has 1 spiro atoms. The van der Waals surface area contributed by atoms with E-state index in [9.17, 15) is 9.18 Å². The van der Waals surface area contributed by atoms with Gasteiger partial charge in [0.1, 0.15) is 12.2 Å². The average molecular weight is 343 g/mol. The van der Waals surface area contributed by atoms with Gasteiger partial charge in [-0.1, -0.05) is 12.8 Å². The van der Waals surface area contributed by atoms with Crippen molar-refractivity contribution in [3.05, 3.63) is 42.0 Å². The van der Waals surface area contributed by atoms with Crippen LogP contribution in [-0.4, -0.2) is 43.6 Å². The van der Waals surface area contributed by atoms with Crippen LogP contribution < -0.4 is 0 Å². The van der Waals surface area contributed by atoms with Crippen LogP contribution >= 0.6 is 0 Å². The number of rotatable bonds is 3. The van der Waals surface area contributed by atoms with Crippen molar-refractivity contribution < 1.29 is 9.18 Å². The summed E-state index contributed by atoms with van der Waals surface area (Å²) in [7, 11) is 0. The van der Waals surface area contributed by atoms with Gasteiger partial charge in [-0.3, -0.25) is 9.78 Å². The summed E-state index contributed by atoms with van der Waals surface area (Å²) in [6.45, 7) is 4.11. The number of nitrogens with zero attached hydrogens (tertiary/aromatic N) is 5. The van der Waals surface area contributed by atoms with Gasteiger partial charge in [-0.2, -0.15) is 0 Å². The molecule has 0 aromatic carbocycles. The molecule has 2 aromatic heterocycles. The SMILES string of the molecule is CCn1cnnc1C1CN(C(=O)c2ccncc2F)CC12CCCC2. The number of halogens is 1. The first-order valence-electron chi connectivity index (χ1n) is 8.91. The average Bonchev–Trinajstić information content (AvgIpc) is 3.35. The van der Waals surface area contributed by atoms with E-state index in [2.05, 4.69) is 26.7 Å². The van der Waals surface area contributed by atoms with Crippen LogP contribution in [0.2, 0.25) is 0 Å². The predicted octanol–water partition coefficient (Wildman–Crippen LogP) is 2.63. The predicted molar refractivity (Wildman–Crippen MR) is 89.4 cm³/mol. The Kier molecular flexibility index (Phi) is 4.01. The van der Waals surface area contributed by atoms with Gasteiger partial charge in [-0.25, -0.2) is 4.39 Å². The third-order valence-corrected chi connectivity index (χ3v) is 5.84. The van der Waals surface area contributed by atoms with E-state index in [0.717, 1.165) is 31.4 Å². The lowest BCUT2D eigenvalue weighted by molar-refractivity contribution is 0.0768. The Morgan fingerprint density at radius 3 is 2.92 bits per heavy atom. The zero-order valence-corrected chi connectivity index (χ0v) is 14.4. The second-order valence-corrected chi connectivity index (χ2v) is 7.14. The van der Waals surface area contributed by atoms with Crippen molar-refractivity contribution in [3.8, 4) is 0 Å². The van der Waals surface area contributed by atoms with Crippen LogP contribution in [0.4, 0.5) is 4.39 Å². The molecule has 1 aliphatic heterocycles. The number of pyridine rings is 1. The maximum absolute atomic E-state index is 14.0. The van der Waals surface area contributed by atoms with Crippen molar-refractivity contribution in [2.75, 3.05) is 13.1 Å². The molecule has 1 saturated heterocycles. The molecule has 2 fully saturated rings. The Bertz CT molecular complexity index is 783. The number of hydrogen-bond acceptors (Lipinski definition) is 4. The molecule has 2 aromatic rings. The van der Waals surface area contributed by atoms with Crippen LogP contribution in [0.15, 0.2) is 24.8 Å². The van der Waals surface area contributed by atoms with Crippen LogP contribution in [-0.2, 0) is 6.54 Å². The van der Waals surface area contributed by atoms with Gasteiger partial charge < -0.3 is 9.47 Å². The van der Waals surface area contributed by atoms with E-state index < -0.39 is 5.82 Å². The molecule has 7 heteroatoms. The number of carbonyl (C=O) groups is 1. The summed E-state index contributed by atoms with van der Waals surface area (Å²) in [5.41, 5.74) is 0.139. The Balaban J connectivity index is 1.67. The third-order valence-electron chi connectivity index (χ3n) is 5.84. The van der Waals surface area contributed by atoms with Gasteiger partial charge in [0.2, 0.25) is 0 Å². The van der Waals surface area contributed by atoms with E-state index in [4.69, 9.17) is 0 Å². The number of likely N-dealkylation sites (tertiary alicyclic amines) is 1. The van der Waals surface area contributed by atoms with E-state index in [0.29, 0.717) is 13.1 Å². The molecule has 6 nitrogen and oxygen atoms in total. The van der Waals surface area contributed by atoms with E-state index in [-0.39, 0.29) is 22.8 Å². The minimum atomic E-state index is -0.562. The van der Waals surface area contributed by atoms with Crippen LogP contribution in [0.1, 0.15) is 54.7 Å². The first-order valence-corrected chi connectivity index (χ1v) is 8.91. The van der Waals surface area contributed by atoms with Gasteiger partial charge in [0.05, 0.1) is 11.8 Å². The first-order chi connectivity index (χ1) is 12.1. The Morgan fingerprint density at radius 1 is 1.40 bits per heavy atom. The Morgan fingerprint density at radius 2 is 2.20 bits per heavy atom. The Hall–Kier alpha value is -2.31. The Labute approximate surface area is 146 Å². The molecule has 1 saturated carbocycles. The molecule has 25 heavy (non-hydrogen) atoms. The van der Waals surface area contributed by atoms with Crippen LogP contribution in [0.3, 0.4) is 0 Å². The summed E-state index contributed by atoms with van der Waals surface area (Å²) in [5.74, 6) is 0.297. The molecule has 2 aliphatic rings. The van der Waals surface area contributed by atoms with Crippen molar-refractivity contribution >= 4 is 5.91 Å². The first kappa shape index (κ1) is 16.2. The summed E-state index contributed by atoms with van der Waals surface area (Å²) in [5, 5.41) is 8.44. The van der Waals surface area contributed by atoms with E-state index in [1.54, 1.807) is 11.2 Å². The summed E-state index contributed by atoms with van der Waals surface area (Å²) >= 11 is 0. The highest BCUT2D eigenvalue weighted by atomic mass is 19.1. The fourth-order valence-corrected chi connectivity index (χ4v) is 4.56. The van der Waals surface area contributed by atoms with Crippen molar-refractivity contribution in [1.29, 1.82) is 0 Å². The largest absolute Gasteiger partial charge is 0.337 e. The summed E-state index contributed by atoms with van der Waals surface area (Å²) in [4.78, 5) is 18.4. The molecular weight excluding hydrogens is 321 g/mol. The smallest absolute Gasteiger partial charge is 0.256 e. The summed E-state index contributed by atoms with van der Waals surface area (Å²) in [6.07, 6.45) is 8.81. The molecule has 1 aliphatic carbocycles. The lowest BCUT2D eigenvalue weighted by Crippen LogP contribution is -2.31. The van der Waals surface area contributed by atoms with Gasteiger partial charge in [-0.05, 0) is 31.2 Å². The number of aryl methyl sites for hydroxylation is 1. The topological polar surface area (TPSA) is 63.9 Å². The van der Waals surface area contributed by atoms with Crippen LogP contribution in [0.5, 0.6) is 0 Å². The van der Waals surface area contributed by atoms with Crippen molar-refractivity contribution in [1.82, 2.24) is 24.6 Å². The minimum absolute atomic E-state index is 0.0408. The lowest BCUT2D eigenvalue weighted by atomic mass is 9.76. The standard InChI is InChI=1S/C18H22FN5O/c1-2-23-12-21-22-16(23)14-10-24(11-18(14)6-3-4-7-18)17(25)13-5-8-20-9-15(13)19/h5,8-9,12,14H,2-4,6-7,10-11H2,1H3. The number of aromatic nitrogens is 4. The quantitative estimate of drug-likeness (QED) is 0.859. The fourth-order valence-electron chi connectivity index (χ4n) is 4.56. The van der Waals surface area contributed by atoms with Gasteiger partial charge >= 0.3 is 0 Å². The van der Waals surface area contributed by atoms with E-state index >= 15 is 0 Å². The van der Waals surface area contributed by atoms with Crippen molar-refractivity contribution in [2.24, 2.45) is 5.41 Å². The van der Waals surface area contributed by atoms with E-state index in [1.807, 2.05) is 0 Å². The molecule has 3 heterocycles. The zero-order valence-electron chi connectivity index (χ0n) is 14.4. The van der Waals surface area contributed by atoms with Crippen molar-refractivity contribution in [2.45, 2.75) is 45.1 Å². The molecule has 4 rings (SSSR count). The highest BCUT2D eigenvalue weighted by Crippen LogP contribution is 2.53. The number of carbonyl (C=O) groups excluding carboxylic acids is 1. The highest BCUT2D eigenvalue weighted by molar-refractivity contribution is 5.94. The van der Waals surface area contributed by atoms with Gasteiger partial charge in [-0.15, -0.1) is 10.2 Å². The highest BCUT2D eigenvalue weighted by Gasteiger charge is 2.51. The molecule has 132 valence electrons. The lowest BCUT2D eigenvalue weighted by Gasteiger charge is -2.29. The maximum atomic E-state index is 14.0. The zero-order chi connectivity index (χ0) is 17.4.